The summed E-state index contributed by atoms with van der Waals surface area (Å²) in [5.74, 6) is -0.0715. The molecule has 0 aromatic rings. The molecule has 1 atom stereocenters. The maximum absolute atomic E-state index is 11.7. The molecule has 4 heteroatoms. The van der Waals surface area contributed by atoms with Gasteiger partial charge in [-0.15, -0.1) is 0 Å². The topological polar surface area (TPSA) is 66.6 Å². The Balaban J connectivity index is 2.47. The largest absolute Gasteiger partial charge is 0.388 e. The van der Waals surface area contributed by atoms with Crippen LogP contribution < -0.4 is 5.73 Å². The Bertz CT molecular complexity index is 225. The number of likely N-dealkylation sites (N-methyl/N-ethyl adjacent to an activating group) is 1. The highest BCUT2D eigenvalue weighted by molar-refractivity contribution is 5.81. The maximum atomic E-state index is 11.7. The number of amides is 1. The van der Waals surface area contributed by atoms with Crippen LogP contribution in [-0.4, -0.2) is 41.1 Å². The number of nitrogens with two attached hydrogens (primary N) is 1. The average Bonchev–Trinajstić information content (AvgIpc) is 2.62. The van der Waals surface area contributed by atoms with Crippen LogP contribution in [0.2, 0.25) is 0 Å². The molecular weight excluding hydrogens is 192 g/mol. The number of carbonyl (C=O) groups excluding carboxylic acids is 1. The minimum Gasteiger partial charge on any atom is -0.388 e. The third kappa shape index (κ3) is 3.18. The van der Waals surface area contributed by atoms with Crippen molar-refractivity contribution in [3.05, 3.63) is 0 Å². The molecule has 0 unspecified atom stereocenters. The van der Waals surface area contributed by atoms with Crippen LogP contribution in [0.25, 0.3) is 0 Å². The van der Waals surface area contributed by atoms with Crippen molar-refractivity contribution >= 4 is 5.91 Å². The molecule has 1 amide bonds. The summed E-state index contributed by atoms with van der Waals surface area (Å²) in [5, 5.41) is 10.1. The van der Waals surface area contributed by atoms with E-state index in [2.05, 4.69) is 0 Å². The second-order valence-electron chi connectivity index (χ2n) is 4.64. The first kappa shape index (κ1) is 12.5. The lowest BCUT2D eigenvalue weighted by Crippen LogP contribution is -2.47. The van der Waals surface area contributed by atoms with E-state index in [0.29, 0.717) is 13.0 Å². The molecule has 1 rings (SSSR count). The van der Waals surface area contributed by atoms with Crippen molar-refractivity contribution in [2.24, 2.45) is 5.73 Å². The highest BCUT2D eigenvalue weighted by Gasteiger charge is 2.33. The SMILES string of the molecule is CC[C@@H](N)C(=O)N(C)CC1(O)CCCC1. The maximum Gasteiger partial charge on any atom is 0.239 e. The molecule has 0 spiro atoms. The van der Waals surface area contributed by atoms with Gasteiger partial charge in [-0.2, -0.15) is 0 Å². The van der Waals surface area contributed by atoms with E-state index in [1.165, 1.54) is 0 Å². The lowest BCUT2D eigenvalue weighted by atomic mass is 10.0. The van der Waals surface area contributed by atoms with Gasteiger partial charge < -0.3 is 15.7 Å². The van der Waals surface area contributed by atoms with E-state index in [9.17, 15) is 9.90 Å². The minimum atomic E-state index is -0.669. The summed E-state index contributed by atoms with van der Waals surface area (Å²) < 4.78 is 0. The number of hydrogen-bond acceptors (Lipinski definition) is 3. The zero-order valence-electron chi connectivity index (χ0n) is 9.70. The molecular formula is C11H22N2O2. The van der Waals surface area contributed by atoms with Crippen molar-refractivity contribution in [2.75, 3.05) is 13.6 Å². The molecule has 15 heavy (non-hydrogen) atoms. The van der Waals surface area contributed by atoms with Crippen LogP contribution >= 0.6 is 0 Å². The Hall–Kier alpha value is -0.610. The molecule has 0 aromatic heterocycles. The Kier molecular flexibility index (Phi) is 4.11. The van der Waals surface area contributed by atoms with Crippen molar-refractivity contribution in [3.63, 3.8) is 0 Å². The van der Waals surface area contributed by atoms with Gasteiger partial charge in [-0.25, -0.2) is 0 Å². The lowest BCUT2D eigenvalue weighted by molar-refractivity contribution is -0.134. The molecule has 0 radical (unpaired) electrons. The molecule has 1 saturated carbocycles. The fraction of sp³-hybridized carbons (Fsp3) is 0.909. The van der Waals surface area contributed by atoms with Gasteiger partial charge in [0.1, 0.15) is 0 Å². The molecule has 0 saturated heterocycles. The molecule has 1 aliphatic rings. The monoisotopic (exact) mass is 214 g/mol. The normalized spacial score (nSPS) is 21.3. The number of hydrogen-bond donors (Lipinski definition) is 2. The van der Waals surface area contributed by atoms with Crippen molar-refractivity contribution < 1.29 is 9.90 Å². The van der Waals surface area contributed by atoms with Gasteiger partial charge >= 0.3 is 0 Å². The van der Waals surface area contributed by atoms with Crippen LogP contribution in [0.1, 0.15) is 39.0 Å². The van der Waals surface area contributed by atoms with Gasteiger partial charge in [-0.05, 0) is 19.3 Å². The van der Waals surface area contributed by atoms with Crippen molar-refractivity contribution in [1.82, 2.24) is 4.90 Å². The molecule has 4 nitrogen and oxygen atoms in total. The Labute approximate surface area is 91.4 Å². The summed E-state index contributed by atoms with van der Waals surface area (Å²) in [7, 11) is 1.72. The summed E-state index contributed by atoms with van der Waals surface area (Å²) in [4.78, 5) is 13.3. The summed E-state index contributed by atoms with van der Waals surface area (Å²) in [6.07, 6.45) is 4.34. The molecule has 0 heterocycles. The van der Waals surface area contributed by atoms with Gasteiger partial charge in [-0.1, -0.05) is 19.8 Å². The van der Waals surface area contributed by atoms with Crippen LogP contribution in [0.3, 0.4) is 0 Å². The van der Waals surface area contributed by atoms with Gasteiger partial charge in [0.2, 0.25) is 5.91 Å². The van der Waals surface area contributed by atoms with Gasteiger partial charge in [0, 0.05) is 13.6 Å². The number of aliphatic hydroxyl groups is 1. The van der Waals surface area contributed by atoms with Crippen molar-refractivity contribution in [2.45, 2.75) is 50.7 Å². The van der Waals surface area contributed by atoms with E-state index in [-0.39, 0.29) is 5.91 Å². The second kappa shape index (κ2) is 4.94. The first-order valence-corrected chi connectivity index (χ1v) is 5.71. The lowest BCUT2D eigenvalue weighted by Gasteiger charge is -2.29. The van der Waals surface area contributed by atoms with E-state index in [1.54, 1.807) is 11.9 Å². The number of nitrogens with zero attached hydrogens (tertiary/aromatic N) is 1. The van der Waals surface area contributed by atoms with E-state index >= 15 is 0 Å². The zero-order chi connectivity index (χ0) is 11.5. The molecule has 0 aliphatic heterocycles. The van der Waals surface area contributed by atoms with Crippen LogP contribution in [-0.2, 0) is 4.79 Å². The fourth-order valence-corrected chi connectivity index (χ4v) is 2.17. The Morgan fingerprint density at radius 3 is 2.53 bits per heavy atom. The van der Waals surface area contributed by atoms with Crippen LogP contribution in [0.15, 0.2) is 0 Å². The summed E-state index contributed by atoms with van der Waals surface area (Å²) in [6, 6.07) is -0.431. The molecule has 3 N–H and O–H groups in total. The molecule has 0 aromatic carbocycles. The van der Waals surface area contributed by atoms with Gasteiger partial charge in [0.25, 0.3) is 0 Å². The van der Waals surface area contributed by atoms with E-state index in [0.717, 1.165) is 25.7 Å². The average molecular weight is 214 g/mol. The summed E-state index contributed by atoms with van der Waals surface area (Å²) in [5.41, 5.74) is 4.99. The first-order valence-electron chi connectivity index (χ1n) is 5.71. The second-order valence-corrected chi connectivity index (χ2v) is 4.64. The van der Waals surface area contributed by atoms with E-state index in [1.807, 2.05) is 6.92 Å². The van der Waals surface area contributed by atoms with Gasteiger partial charge in [-0.3, -0.25) is 4.79 Å². The zero-order valence-corrected chi connectivity index (χ0v) is 9.70. The standard InChI is InChI=1S/C11H22N2O2/c1-3-9(12)10(14)13(2)8-11(15)6-4-5-7-11/h9,15H,3-8,12H2,1-2H3/t9-/m1/s1. The summed E-state index contributed by atoms with van der Waals surface area (Å²) in [6.45, 7) is 2.31. The Morgan fingerprint density at radius 2 is 2.07 bits per heavy atom. The molecule has 0 bridgehead atoms. The number of carbonyl (C=O) groups is 1. The van der Waals surface area contributed by atoms with Crippen LogP contribution in [0.5, 0.6) is 0 Å². The fourth-order valence-electron chi connectivity index (χ4n) is 2.17. The van der Waals surface area contributed by atoms with Gasteiger partial charge in [0.05, 0.1) is 11.6 Å². The smallest absolute Gasteiger partial charge is 0.239 e. The number of rotatable bonds is 4. The molecule has 1 aliphatic carbocycles. The third-order valence-corrected chi connectivity index (χ3v) is 3.20. The van der Waals surface area contributed by atoms with Crippen LogP contribution in [0, 0.1) is 0 Å². The Morgan fingerprint density at radius 1 is 1.53 bits per heavy atom. The predicted molar refractivity (Wildman–Crippen MR) is 59.3 cm³/mol. The van der Waals surface area contributed by atoms with Crippen molar-refractivity contribution in [1.29, 1.82) is 0 Å². The third-order valence-electron chi connectivity index (χ3n) is 3.20. The van der Waals surface area contributed by atoms with E-state index in [4.69, 9.17) is 5.73 Å². The van der Waals surface area contributed by atoms with Crippen LogP contribution in [0.4, 0.5) is 0 Å². The quantitative estimate of drug-likeness (QED) is 0.715. The highest BCUT2D eigenvalue weighted by Crippen LogP contribution is 2.29. The highest BCUT2D eigenvalue weighted by atomic mass is 16.3. The predicted octanol–water partition coefficient (Wildman–Crippen LogP) is 0.487. The van der Waals surface area contributed by atoms with E-state index < -0.39 is 11.6 Å². The molecule has 88 valence electrons. The van der Waals surface area contributed by atoms with Gasteiger partial charge in [0.15, 0.2) is 0 Å². The molecule has 1 fully saturated rings. The summed E-state index contributed by atoms with van der Waals surface area (Å²) >= 11 is 0. The minimum absolute atomic E-state index is 0.0715. The van der Waals surface area contributed by atoms with Crippen molar-refractivity contribution in [3.8, 4) is 0 Å². The first-order chi connectivity index (χ1) is 6.98.